The summed E-state index contributed by atoms with van der Waals surface area (Å²) in [5, 5.41) is 8.81. The maximum atomic E-state index is 13.3. The van der Waals surface area contributed by atoms with Crippen LogP contribution in [-0.2, 0) is 6.54 Å². The van der Waals surface area contributed by atoms with Crippen LogP contribution < -0.4 is 0 Å². The molecule has 2 unspecified atom stereocenters. The molecule has 3 heteroatoms. The second kappa shape index (κ2) is 6.88. The van der Waals surface area contributed by atoms with Crippen molar-refractivity contribution >= 4 is 0 Å². The SMILES string of the molecule is CC1CCC(C)N(Cc2ccc(F)cc2C#CCO)C1. The number of nitrogens with zero attached hydrogens (tertiary/aromatic N) is 1. The van der Waals surface area contributed by atoms with Crippen LogP contribution in [0.15, 0.2) is 18.2 Å². The first-order chi connectivity index (χ1) is 9.60. The van der Waals surface area contributed by atoms with Crippen LogP contribution in [0.25, 0.3) is 0 Å². The molecule has 1 aromatic rings. The van der Waals surface area contributed by atoms with E-state index in [0.717, 1.165) is 18.7 Å². The highest BCUT2D eigenvalue weighted by Crippen LogP contribution is 2.24. The lowest BCUT2D eigenvalue weighted by molar-refractivity contribution is 0.117. The highest BCUT2D eigenvalue weighted by Gasteiger charge is 2.23. The van der Waals surface area contributed by atoms with Crippen molar-refractivity contribution in [3.63, 3.8) is 0 Å². The van der Waals surface area contributed by atoms with Gasteiger partial charge in [0.15, 0.2) is 0 Å². The lowest BCUT2D eigenvalue weighted by Crippen LogP contribution is -2.40. The van der Waals surface area contributed by atoms with Crippen LogP contribution >= 0.6 is 0 Å². The van der Waals surface area contributed by atoms with E-state index in [1.165, 1.54) is 25.0 Å². The van der Waals surface area contributed by atoms with Crippen LogP contribution in [0, 0.1) is 23.6 Å². The van der Waals surface area contributed by atoms with E-state index in [1.54, 1.807) is 0 Å². The zero-order valence-corrected chi connectivity index (χ0v) is 12.2. The van der Waals surface area contributed by atoms with Gasteiger partial charge in [0.25, 0.3) is 0 Å². The molecule has 0 amide bonds. The van der Waals surface area contributed by atoms with E-state index < -0.39 is 0 Å². The number of halogens is 1. The van der Waals surface area contributed by atoms with Gasteiger partial charge in [-0.05, 0) is 43.4 Å². The fraction of sp³-hybridized carbons (Fsp3) is 0.529. The molecule has 1 aromatic carbocycles. The number of benzene rings is 1. The Morgan fingerprint density at radius 2 is 2.15 bits per heavy atom. The lowest BCUT2D eigenvalue weighted by Gasteiger charge is -2.37. The number of hydrogen-bond donors (Lipinski definition) is 1. The Labute approximate surface area is 120 Å². The van der Waals surface area contributed by atoms with E-state index in [1.807, 2.05) is 6.07 Å². The summed E-state index contributed by atoms with van der Waals surface area (Å²) in [6.45, 7) is 6.18. The molecule has 0 aliphatic carbocycles. The van der Waals surface area contributed by atoms with E-state index in [4.69, 9.17) is 5.11 Å². The molecular formula is C17H22FNO. The molecule has 1 heterocycles. The number of aliphatic hydroxyl groups excluding tert-OH is 1. The Kier molecular flexibility index (Phi) is 5.17. The summed E-state index contributed by atoms with van der Waals surface area (Å²) in [6, 6.07) is 5.30. The molecule has 1 saturated heterocycles. The monoisotopic (exact) mass is 275 g/mol. The van der Waals surface area contributed by atoms with E-state index >= 15 is 0 Å². The number of piperidine rings is 1. The topological polar surface area (TPSA) is 23.5 Å². The molecule has 1 fully saturated rings. The maximum absolute atomic E-state index is 13.3. The van der Waals surface area contributed by atoms with Crippen LogP contribution in [0.3, 0.4) is 0 Å². The van der Waals surface area contributed by atoms with Gasteiger partial charge in [0.1, 0.15) is 12.4 Å². The largest absolute Gasteiger partial charge is 0.384 e. The van der Waals surface area contributed by atoms with E-state index in [9.17, 15) is 4.39 Å². The van der Waals surface area contributed by atoms with Crippen molar-refractivity contribution < 1.29 is 9.50 Å². The van der Waals surface area contributed by atoms with Crippen molar-refractivity contribution in [3.05, 3.63) is 35.1 Å². The Balaban J connectivity index is 2.19. The summed E-state index contributed by atoms with van der Waals surface area (Å²) in [4.78, 5) is 2.44. The van der Waals surface area contributed by atoms with E-state index in [-0.39, 0.29) is 12.4 Å². The summed E-state index contributed by atoms with van der Waals surface area (Å²) < 4.78 is 13.3. The number of rotatable bonds is 2. The quantitative estimate of drug-likeness (QED) is 0.839. The molecule has 20 heavy (non-hydrogen) atoms. The Hall–Kier alpha value is -1.37. The van der Waals surface area contributed by atoms with Gasteiger partial charge in [0.05, 0.1) is 0 Å². The molecule has 2 nitrogen and oxygen atoms in total. The van der Waals surface area contributed by atoms with Crippen molar-refractivity contribution in [1.29, 1.82) is 0 Å². The molecule has 0 radical (unpaired) electrons. The van der Waals surface area contributed by atoms with Crippen molar-refractivity contribution in [2.45, 2.75) is 39.3 Å². The van der Waals surface area contributed by atoms with Crippen LogP contribution in [0.2, 0.25) is 0 Å². The Morgan fingerprint density at radius 3 is 2.90 bits per heavy atom. The van der Waals surface area contributed by atoms with E-state index in [2.05, 4.69) is 30.6 Å². The molecule has 0 spiro atoms. The minimum absolute atomic E-state index is 0.201. The summed E-state index contributed by atoms with van der Waals surface area (Å²) in [6.07, 6.45) is 2.48. The summed E-state index contributed by atoms with van der Waals surface area (Å²) in [5.74, 6) is 5.89. The second-order valence-corrected chi connectivity index (χ2v) is 5.72. The summed E-state index contributed by atoms with van der Waals surface area (Å²) in [5.41, 5.74) is 1.72. The number of hydrogen-bond acceptors (Lipinski definition) is 2. The average molecular weight is 275 g/mol. The molecule has 1 aliphatic rings. The van der Waals surface area contributed by atoms with Crippen LogP contribution in [0.1, 0.15) is 37.8 Å². The first-order valence-corrected chi connectivity index (χ1v) is 7.22. The van der Waals surface area contributed by atoms with Crippen molar-refractivity contribution in [2.75, 3.05) is 13.2 Å². The minimum Gasteiger partial charge on any atom is -0.384 e. The van der Waals surface area contributed by atoms with Gasteiger partial charge in [0.2, 0.25) is 0 Å². The van der Waals surface area contributed by atoms with Gasteiger partial charge >= 0.3 is 0 Å². The molecule has 1 N–H and O–H groups in total. The molecule has 2 rings (SSSR count). The molecule has 0 bridgehead atoms. The number of aliphatic hydroxyl groups is 1. The predicted octanol–water partition coefficient (Wildman–Crippen LogP) is 2.79. The normalized spacial score (nSPS) is 23.2. The van der Waals surface area contributed by atoms with Gasteiger partial charge in [-0.1, -0.05) is 24.8 Å². The third-order valence-corrected chi connectivity index (χ3v) is 3.99. The van der Waals surface area contributed by atoms with Crippen LogP contribution in [0.5, 0.6) is 0 Å². The van der Waals surface area contributed by atoms with Crippen molar-refractivity contribution in [3.8, 4) is 11.8 Å². The van der Waals surface area contributed by atoms with Gasteiger partial charge in [-0.2, -0.15) is 0 Å². The van der Waals surface area contributed by atoms with Crippen LogP contribution in [-0.4, -0.2) is 29.2 Å². The molecule has 108 valence electrons. The smallest absolute Gasteiger partial charge is 0.124 e. The summed E-state index contributed by atoms with van der Waals surface area (Å²) in [7, 11) is 0. The zero-order valence-electron chi connectivity index (χ0n) is 12.2. The average Bonchev–Trinajstić information content (AvgIpc) is 2.43. The lowest BCUT2D eigenvalue weighted by atomic mass is 9.94. The van der Waals surface area contributed by atoms with E-state index in [0.29, 0.717) is 17.5 Å². The zero-order chi connectivity index (χ0) is 14.5. The highest BCUT2D eigenvalue weighted by molar-refractivity contribution is 5.41. The van der Waals surface area contributed by atoms with Crippen molar-refractivity contribution in [2.24, 2.45) is 5.92 Å². The van der Waals surface area contributed by atoms with Gasteiger partial charge < -0.3 is 5.11 Å². The second-order valence-electron chi connectivity index (χ2n) is 5.72. The van der Waals surface area contributed by atoms with Gasteiger partial charge in [-0.25, -0.2) is 4.39 Å². The van der Waals surface area contributed by atoms with Gasteiger partial charge in [0, 0.05) is 24.7 Å². The third kappa shape index (κ3) is 3.82. The summed E-state index contributed by atoms with van der Waals surface area (Å²) >= 11 is 0. The minimum atomic E-state index is -0.281. The fourth-order valence-corrected chi connectivity index (χ4v) is 2.76. The maximum Gasteiger partial charge on any atom is 0.124 e. The van der Waals surface area contributed by atoms with Crippen molar-refractivity contribution in [1.82, 2.24) is 4.90 Å². The number of likely N-dealkylation sites (tertiary alicyclic amines) is 1. The first kappa shape index (κ1) is 15.0. The molecule has 1 aliphatic heterocycles. The standard InChI is InChI=1S/C17H22FNO/c1-13-5-6-14(2)19(11-13)12-16-7-8-17(18)10-15(16)4-3-9-20/h7-8,10,13-14,20H,5-6,9,11-12H2,1-2H3. The fourth-order valence-electron chi connectivity index (χ4n) is 2.76. The molecular weight excluding hydrogens is 253 g/mol. The van der Waals surface area contributed by atoms with Gasteiger partial charge in [-0.15, -0.1) is 0 Å². The van der Waals surface area contributed by atoms with Gasteiger partial charge in [-0.3, -0.25) is 4.90 Å². The first-order valence-electron chi connectivity index (χ1n) is 7.22. The highest BCUT2D eigenvalue weighted by atomic mass is 19.1. The molecule has 2 atom stereocenters. The van der Waals surface area contributed by atoms with Crippen LogP contribution in [0.4, 0.5) is 4.39 Å². The Bertz CT molecular complexity index is 517. The molecule has 0 saturated carbocycles. The predicted molar refractivity (Wildman–Crippen MR) is 78.6 cm³/mol. The molecule has 0 aromatic heterocycles. The Morgan fingerprint density at radius 1 is 1.35 bits per heavy atom. The third-order valence-electron chi connectivity index (χ3n) is 3.99.